The molecule has 1 saturated heterocycles. The molecule has 38 heavy (non-hydrogen) atoms. The van der Waals surface area contributed by atoms with Crippen LogP contribution < -0.4 is 0 Å². The van der Waals surface area contributed by atoms with Gasteiger partial charge in [0, 0.05) is 32.1 Å². The van der Waals surface area contributed by atoms with E-state index >= 15 is 0 Å². The van der Waals surface area contributed by atoms with E-state index in [1.165, 1.54) is 36.0 Å². The van der Waals surface area contributed by atoms with Gasteiger partial charge in [0.1, 0.15) is 0 Å². The largest absolute Gasteiger partial charge is 0.490 e. The fourth-order valence-electron chi connectivity index (χ4n) is 3.32. The third-order valence-corrected chi connectivity index (χ3v) is 5.19. The van der Waals surface area contributed by atoms with Gasteiger partial charge in [-0.25, -0.2) is 9.59 Å². The Hall–Kier alpha value is -3.19. The van der Waals surface area contributed by atoms with Gasteiger partial charge in [-0.1, -0.05) is 29.8 Å². The van der Waals surface area contributed by atoms with Gasteiger partial charge in [0.25, 0.3) is 0 Å². The molecule has 2 aromatic rings. The summed E-state index contributed by atoms with van der Waals surface area (Å²) in [5.74, 6) is -5.51. The van der Waals surface area contributed by atoms with Gasteiger partial charge in [0.05, 0.1) is 6.10 Å². The van der Waals surface area contributed by atoms with Crippen molar-refractivity contribution in [2.45, 2.75) is 57.6 Å². The number of alkyl halides is 6. The molecule has 1 aliphatic heterocycles. The Kier molecular flexibility index (Phi) is 13.8. The third kappa shape index (κ3) is 14.5. The van der Waals surface area contributed by atoms with Gasteiger partial charge in [-0.15, -0.1) is 0 Å². The Balaban J connectivity index is 0.000000426. The number of carboxylic acids is 2. The smallest absolute Gasteiger partial charge is 0.475 e. The number of carboxylic acid groups (broad SMARTS) is 2. The predicted octanol–water partition coefficient (Wildman–Crippen LogP) is 5.27. The molecule has 0 aliphatic carbocycles. The highest BCUT2D eigenvalue weighted by Gasteiger charge is 2.38. The second kappa shape index (κ2) is 15.9. The van der Waals surface area contributed by atoms with Crippen LogP contribution in [0, 0.1) is 6.92 Å². The van der Waals surface area contributed by atoms with E-state index in [0.717, 1.165) is 32.7 Å². The summed E-state index contributed by atoms with van der Waals surface area (Å²) in [5.41, 5.74) is 4.09. The molecule has 0 spiro atoms. The molecule has 1 atom stereocenters. The number of hydrogen-bond donors (Lipinski definition) is 2. The van der Waals surface area contributed by atoms with Gasteiger partial charge in [-0.3, -0.25) is 9.88 Å². The Morgan fingerprint density at radius 3 is 1.92 bits per heavy atom. The van der Waals surface area contributed by atoms with Gasteiger partial charge in [-0.2, -0.15) is 26.3 Å². The highest BCUT2D eigenvalue weighted by molar-refractivity contribution is 5.73. The van der Waals surface area contributed by atoms with Crippen molar-refractivity contribution in [3.8, 4) is 0 Å². The number of ether oxygens (including phenoxy) is 1. The normalized spacial score (nSPS) is 15.2. The molecular formula is C25H30F6N2O5. The number of benzene rings is 1. The van der Waals surface area contributed by atoms with Crippen LogP contribution in [-0.2, 0) is 27.3 Å². The Bertz CT molecular complexity index is 939. The lowest BCUT2D eigenvalue weighted by Crippen LogP contribution is -2.32. The van der Waals surface area contributed by atoms with Gasteiger partial charge in [0.2, 0.25) is 0 Å². The minimum Gasteiger partial charge on any atom is -0.475 e. The summed E-state index contributed by atoms with van der Waals surface area (Å²) < 4.78 is 69.3. The molecule has 1 unspecified atom stereocenters. The average molecular weight is 553 g/mol. The van der Waals surface area contributed by atoms with Crippen molar-refractivity contribution >= 4 is 11.9 Å². The first-order valence-corrected chi connectivity index (χ1v) is 11.6. The minimum atomic E-state index is -5.08. The maximum absolute atomic E-state index is 10.6. The van der Waals surface area contributed by atoms with Crippen LogP contribution in [0.4, 0.5) is 26.3 Å². The molecule has 3 rings (SSSR count). The van der Waals surface area contributed by atoms with Crippen molar-refractivity contribution < 1.29 is 50.9 Å². The lowest BCUT2D eigenvalue weighted by atomic mass is 10.1. The number of hydrogen-bond acceptors (Lipinski definition) is 5. The predicted molar refractivity (Wildman–Crippen MR) is 125 cm³/mol. The maximum Gasteiger partial charge on any atom is 0.490 e. The van der Waals surface area contributed by atoms with Crippen LogP contribution in [0.5, 0.6) is 0 Å². The van der Waals surface area contributed by atoms with E-state index in [1.54, 1.807) is 0 Å². The molecule has 1 aromatic heterocycles. The number of rotatable bonds is 8. The van der Waals surface area contributed by atoms with Crippen molar-refractivity contribution in [1.82, 2.24) is 9.88 Å². The molecule has 212 valence electrons. The molecule has 0 amide bonds. The zero-order valence-electron chi connectivity index (χ0n) is 20.6. The Morgan fingerprint density at radius 2 is 1.47 bits per heavy atom. The van der Waals surface area contributed by atoms with E-state index in [4.69, 9.17) is 24.5 Å². The van der Waals surface area contributed by atoms with Crippen LogP contribution in [-0.4, -0.2) is 70.2 Å². The summed E-state index contributed by atoms with van der Waals surface area (Å²) in [7, 11) is 0. The van der Waals surface area contributed by atoms with Gasteiger partial charge in [0.15, 0.2) is 0 Å². The number of nitrogens with zero attached hydrogens (tertiary/aromatic N) is 2. The van der Waals surface area contributed by atoms with Crippen molar-refractivity contribution in [1.29, 1.82) is 0 Å². The van der Waals surface area contributed by atoms with Gasteiger partial charge >= 0.3 is 24.3 Å². The summed E-state index contributed by atoms with van der Waals surface area (Å²) in [5, 5.41) is 14.2. The van der Waals surface area contributed by atoms with E-state index in [9.17, 15) is 26.3 Å². The number of aliphatic carboxylic acids is 2. The fourth-order valence-corrected chi connectivity index (χ4v) is 3.32. The maximum atomic E-state index is 10.6. The molecule has 1 aliphatic rings. The van der Waals surface area contributed by atoms with Crippen LogP contribution in [0.25, 0.3) is 0 Å². The van der Waals surface area contributed by atoms with Crippen molar-refractivity contribution in [2.24, 2.45) is 0 Å². The first-order chi connectivity index (χ1) is 17.7. The Morgan fingerprint density at radius 1 is 0.947 bits per heavy atom. The zero-order valence-corrected chi connectivity index (χ0v) is 20.6. The molecule has 0 radical (unpaired) electrons. The van der Waals surface area contributed by atoms with E-state index in [1.807, 2.05) is 12.4 Å². The molecule has 1 aromatic carbocycles. The zero-order chi connectivity index (χ0) is 28.8. The lowest BCUT2D eigenvalue weighted by molar-refractivity contribution is -0.193. The van der Waals surface area contributed by atoms with Crippen molar-refractivity contribution in [3.05, 3.63) is 65.5 Å². The number of pyridine rings is 1. The molecule has 1 fully saturated rings. The van der Waals surface area contributed by atoms with Crippen LogP contribution in [0.3, 0.4) is 0 Å². The molecule has 7 nitrogen and oxygen atoms in total. The van der Waals surface area contributed by atoms with Crippen LogP contribution >= 0.6 is 0 Å². The first kappa shape index (κ1) is 32.8. The molecule has 13 heteroatoms. The SMILES string of the molecule is Cc1ccc(CCCN(Cc2ccncc2)CC2CCCO2)cc1.O=C(O)C(F)(F)F.O=C(O)C(F)(F)F. The van der Waals surface area contributed by atoms with Crippen molar-refractivity contribution in [2.75, 3.05) is 19.7 Å². The van der Waals surface area contributed by atoms with E-state index in [2.05, 4.69) is 53.2 Å². The van der Waals surface area contributed by atoms with Crippen LogP contribution in [0.1, 0.15) is 36.0 Å². The number of aromatic nitrogens is 1. The second-order valence-electron chi connectivity index (χ2n) is 8.42. The molecule has 0 saturated carbocycles. The quantitative estimate of drug-likeness (QED) is 0.431. The van der Waals surface area contributed by atoms with Gasteiger partial charge < -0.3 is 14.9 Å². The molecular weight excluding hydrogens is 522 g/mol. The summed E-state index contributed by atoms with van der Waals surface area (Å²) in [6.45, 7) is 6.20. The summed E-state index contributed by atoms with van der Waals surface area (Å²) in [4.78, 5) is 24.5. The van der Waals surface area contributed by atoms with Crippen LogP contribution in [0.2, 0.25) is 0 Å². The summed E-state index contributed by atoms with van der Waals surface area (Å²) in [6, 6.07) is 13.1. The van der Waals surface area contributed by atoms with E-state index in [0.29, 0.717) is 6.10 Å². The summed E-state index contributed by atoms with van der Waals surface area (Å²) >= 11 is 0. The second-order valence-corrected chi connectivity index (χ2v) is 8.42. The first-order valence-electron chi connectivity index (χ1n) is 11.6. The summed E-state index contributed by atoms with van der Waals surface area (Å²) in [6.07, 6.45) is -1.27. The standard InChI is InChI=1S/C21H28N2O.2C2HF3O2/c1-18-6-8-19(9-7-18)4-2-14-23(17-21-5-3-15-24-21)16-20-10-12-22-13-11-20;2*3-2(4,5)1(6)7/h6-13,21H,2-5,14-17H2,1H3;2*(H,6,7). The Labute approximate surface area is 216 Å². The number of carbonyl (C=O) groups is 2. The lowest BCUT2D eigenvalue weighted by Gasteiger charge is -2.25. The number of aryl methyl sites for hydroxylation is 2. The minimum absolute atomic E-state index is 0.409. The van der Waals surface area contributed by atoms with Crippen LogP contribution in [0.15, 0.2) is 48.8 Å². The van der Waals surface area contributed by atoms with Gasteiger partial charge in [-0.05, 0) is 62.4 Å². The molecule has 0 bridgehead atoms. The highest BCUT2D eigenvalue weighted by Crippen LogP contribution is 2.16. The monoisotopic (exact) mass is 552 g/mol. The molecule has 2 heterocycles. The van der Waals surface area contributed by atoms with E-state index < -0.39 is 24.3 Å². The van der Waals surface area contributed by atoms with Crippen molar-refractivity contribution in [3.63, 3.8) is 0 Å². The topological polar surface area (TPSA) is 100.0 Å². The fraction of sp³-hybridized carbons (Fsp3) is 0.480. The highest BCUT2D eigenvalue weighted by atomic mass is 19.4. The average Bonchev–Trinajstić information content (AvgIpc) is 3.34. The molecule has 2 N–H and O–H groups in total. The number of halogens is 6. The van der Waals surface area contributed by atoms with E-state index in [-0.39, 0.29) is 0 Å². The third-order valence-electron chi connectivity index (χ3n) is 5.19.